The molecule has 0 amide bonds. The lowest BCUT2D eigenvalue weighted by molar-refractivity contribution is 0.340. The molecule has 0 N–H and O–H groups in total. The van der Waals surface area contributed by atoms with Crippen molar-refractivity contribution in [1.82, 2.24) is 14.5 Å². The van der Waals surface area contributed by atoms with Crippen LogP contribution in [0.1, 0.15) is 12.5 Å². The molecule has 1 aromatic carbocycles. The number of halogens is 1. The number of ether oxygens (including phenoxy) is 1. The summed E-state index contributed by atoms with van der Waals surface area (Å²) in [6.45, 7) is 3.41. The fourth-order valence-corrected chi connectivity index (χ4v) is 2.41. The van der Waals surface area contributed by atoms with E-state index in [-0.39, 0.29) is 0 Å². The Morgan fingerprint density at radius 1 is 1.20 bits per heavy atom. The molecule has 0 aliphatic heterocycles. The van der Waals surface area contributed by atoms with Crippen LogP contribution in [0.5, 0.6) is 5.75 Å². The molecule has 3 aromatic rings. The highest BCUT2D eigenvalue weighted by atomic mass is 79.9. The van der Waals surface area contributed by atoms with E-state index < -0.39 is 0 Å². The molecule has 5 heteroatoms. The van der Waals surface area contributed by atoms with Crippen LogP contribution in [-0.4, -0.2) is 21.1 Å². The number of rotatable bonds is 4. The predicted octanol–water partition coefficient (Wildman–Crippen LogP) is 3.64. The van der Waals surface area contributed by atoms with Crippen LogP contribution in [-0.2, 0) is 6.54 Å². The zero-order chi connectivity index (χ0) is 13.9. The molecular weight excluding hydrogens is 318 g/mol. The zero-order valence-electron chi connectivity index (χ0n) is 11.1. The third-order valence-electron chi connectivity index (χ3n) is 3.01. The second kappa shape index (κ2) is 5.63. The molecule has 0 bridgehead atoms. The minimum Gasteiger partial charge on any atom is -0.494 e. The van der Waals surface area contributed by atoms with Gasteiger partial charge in [0, 0.05) is 10.7 Å². The average Bonchev–Trinajstić information content (AvgIpc) is 2.83. The van der Waals surface area contributed by atoms with Crippen LogP contribution in [0.2, 0.25) is 0 Å². The summed E-state index contributed by atoms with van der Waals surface area (Å²) < 4.78 is 8.42. The molecule has 0 aliphatic rings. The first-order valence-electron chi connectivity index (χ1n) is 6.44. The predicted molar refractivity (Wildman–Crippen MR) is 81.9 cm³/mol. The topological polar surface area (TPSA) is 39.9 Å². The van der Waals surface area contributed by atoms with E-state index >= 15 is 0 Å². The van der Waals surface area contributed by atoms with Crippen LogP contribution in [0.25, 0.3) is 11.2 Å². The molecule has 2 aromatic heterocycles. The highest BCUT2D eigenvalue weighted by Gasteiger charge is 2.05. The number of benzene rings is 1. The summed E-state index contributed by atoms with van der Waals surface area (Å²) in [5, 5.41) is 0. The van der Waals surface area contributed by atoms with Gasteiger partial charge in [-0.3, -0.25) is 0 Å². The highest BCUT2D eigenvalue weighted by Crippen LogP contribution is 2.18. The fourth-order valence-electron chi connectivity index (χ4n) is 2.09. The Hall–Kier alpha value is -1.88. The molecule has 20 heavy (non-hydrogen) atoms. The van der Waals surface area contributed by atoms with Gasteiger partial charge in [0.05, 0.1) is 19.5 Å². The monoisotopic (exact) mass is 331 g/mol. The number of fused-ring (bicyclic) bond motifs is 1. The number of aromatic nitrogens is 3. The van der Waals surface area contributed by atoms with Crippen molar-refractivity contribution in [2.75, 3.05) is 6.61 Å². The van der Waals surface area contributed by atoms with Crippen LogP contribution in [0.4, 0.5) is 0 Å². The molecule has 0 saturated heterocycles. The number of pyridine rings is 1. The van der Waals surface area contributed by atoms with Gasteiger partial charge in [-0.15, -0.1) is 0 Å². The number of hydrogen-bond donors (Lipinski definition) is 0. The van der Waals surface area contributed by atoms with Crippen LogP contribution < -0.4 is 4.74 Å². The second-order valence-corrected chi connectivity index (χ2v) is 5.36. The molecule has 0 saturated carbocycles. The van der Waals surface area contributed by atoms with Crippen molar-refractivity contribution in [2.45, 2.75) is 13.5 Å². The van der Waals surface area contributed by atoms with Gasteiger partial charge in [-0.05, 0) is 46.6 Å². The van der Waals surface area contributed by atoms with E-state index in [0.29, 0.717) is 6.61 Å². The Bertz CT molecular complexity index is 722. The second-order valence-electron chi connectivity index (χ2n) is 4.45. The summed E-state index contributed by atoms with van der Waals surface area (Å²) in [5.41, 5.74) is 2.98. The summed E-state index contributed by atoms with van der Waals surface area (Å²) in [7, 11) is 0. The van der Waals surface area contributed by atoms with Gasteiger partial charge < -0.3 is 9.30 Å². The van der Waals surface area contributed by atoms with E-state index in [9.17, 15) is 0 Å². The molecule has 102 valence electrons. The van der Waals surface area contributed by atoms with E-state index in [1.807, 2.05) is 36.0 Å². The SMILES string of the molecule is CCOc1ccc(Cn2cnc3cc(Br)cnc32)cc1. The van der Waals surface area contributed by atoms with Crippen molar-refractivity contribution in [2.24, 2.45) is 0 Å². The number of hydrogen-bond acceptors (Lipinski definition) is 3. The molecule has 2 heterocycles. The largest absolute Gasteiger partial charge is 0.494 e. The molecule has 0 spiro atoms. The number of imidazole rings is 1. The summed E-state index contributed by atoms with van der Waals surface area (Å²) in [6, 6.07) is 10.1. The smallest absolute Gasteiger partial charge is 0.160 e. The van der Waals surface area contributed by atoms with Gasteiger partial charge in [0.2, 0.25) is 0 Å². The summed E-state index contributed by atoms with van der Waals surface area (Å²) in [6.07, 6.45) is 3.61. The Morgan fingerprint density at radius 2 is 2.00 bits per heavy atom. The van der Waals surface area contributed by atoms with Crippen LogP contribution in [0, 0.1) is 0 Å². The molecule has 0 radical (unpaired) electrons. The summed E-state index contributed by atoms with van der Waals surface area (Å²) >= 11 is 3.41. The normalized spacial score (nSPS) is 10.9. The van der Waals surface area contributed by atoms with Crippen molar-refractivity contribution < 1.29 is 4.74 Å². The molecule has 4 nitrogen and oxygen atoms in total. The van der Waals surface area contributed by atoms with Gasteiger partial charge in [-0.25, -0.2) is 9.97 Å². The van der Waals surface area contributed by atoms with E-state index in [2.05, 4.69) is 38.0 Å². The maximum absolute atomic E-state index is 5.44. The van der Waals surface area contributed by atoms with Crippen molar-refractivity contribution in [1.29, 1.82) is 0 Å². The Labute approximate surface area is 125 Å². The van der Waals surface area contributed by atoms with Gasteiger partial charge in [-0.2, -0.15) is 0 Å². The van der Waals surface area contributed by atoms with Crippen LogP contribution in [0.15, 0.2) is 47.3 Å². The third-order valence-corrected chi connectivity index (χ3v) is 3.44. The van der Waals surface area contributed by atoms with Crippen LogP contribution >= 0.6 is 15.9 Å². The van der Waals surface area contributed by atoms with Crippen molar-refractivity contribution in [3.05, 3.63) is 52.9 Å². The molecule has 3 rings (SSSR count). The van der Waals surface area contributed by atoms with Crippen molar-refractivity contribution >= 4 is 27.1 Å². The molecule has 0 fully saturated rings. The van der Waals surface area contributed by atoms with E-state index in [0.717, 1.165) is 27.9 Å². The third kappa shape index (κ3) is 2.67. The first kappa shape index (κ1) is 13.1. The standard InChI is InChI=1S/C15H14BrN3O/c1-2-20-13-5-3-11(4-6-13)9-19-10-18-14-7-12(16)8-17-15(14)19/h3-8,10H,2,9H2,1H3. The average molecular weight is 332 g/mol. The fraction of sp³-hybridized carbons (Fsp3) is 0.200. The molecule has 0 unspecified atom stereocenters. The highest BCUT2D eigenvalue weighted by molar-refractivity contribution is 9.10. The van der Waals surface area contributed by atoms with E-state index in [1.165, 1.54) is 5.56 Å². The van der Waals surface area contributed by atoms with Crippen molar-refractivity contribution in [3.63, 3.8) is 0 Å². The quantitative estimate of drug-likeness (QED) is 0.732. The Kier molecular flexibility index (Phi) is 3.69. The summed E-state index contributed by atoms with van der Waals surface area (Å²) in [5.74, 6) is 0.897. The maximum atomic E-state index is 5.44. The lowest BCUT2D eigenvalue weighted by Crippen LogP contribution is -1.99. The first-order chi connectivity index (χ1) is 9.76. The van der Waals surface area contributed by atoms with Gasteiger partial charge in [0.25, 0.3) is 0 Å². The number of nitrogens with zero attached hydrogens (tertiary/aromatic N) is 3. The molecular formula is C15H14BrN3O. The van der Waals surface area contributed by atoms with Crippen LogP contribution in [0.3, 0.4) is 0 Å². The Morgan fingerprint density at radius 3 is 2.75 bits per heavy atom. The van der Waals surface area contributed by atoms with E-state index in [4.69, 9.17) is 4.74 Å². The molecule has 0 atom stereocenters. The lowest BCUT2D eigenvalue weighted by Gasteiger charge is -2.06. The van der Waals surface area contributed by atoms with Crippen molar-refractivity contribution in [3.8, 4) is 5.75 Å². The minimum absolute atomic E-state index is 0.685. The maximum Gasteiger partial charge on any atom is 0.160 e. The van der Waals surface area contributed by atoms with Gasteiger partial charge in [0.1, 0.15) is 11.3 Å². The zero-order valence-corrected chi connectivity index (χ0v) is 12.7. The van der Waals surface area contributed by atoms with Gasteiger partial charge in [-0.1, -0.05) is 12.1 Å². The first-order valence-corrected chi connectivity index (χ1v) is 7.23. The lowest BCUT2D eigenvalue weighted by atomic mass is 10.2. The minimum atomic E-state index is 0.685. The summed E-state index contributed by atoms with van der Waals surface area (Å²) in [4.78, 5) is 8.78. The Balaban J connectivity index is 1.85. The molecule has 0 aliphatic carbocycles. The van der Waals surface area contributed by atoms with E-state index in [1.54, 1.807) is 6.20 Å². The van der Waals surface area contributed by atoms with Gasteiger partial charge in [0.15, 0.2) is 5.65 Å². The van der Waals surface area contributed by atoms with Gasteiger partial charge >= 0.3 is 0 Å².